The summed E-state index contributed by atoms with van der Waals surface area (Å²) >= 11 is 1.58. The van der Waals surface area contributed by atoms with Crippen molar-refractivity contribution in [2.24, 2.45) is 5.92 Å². The third-order valence-corrected chi connectivity index (χ3v) is 4.35. The fraction of sp³-hybridized carbons (Fsp3) is 0.615. The highest BCUT2D eigenvalue weighted by Gasteiger charge is 2.34. The molecule has 0 radical (unpaired) electrons. The number of hydrogen-bond acceptors (Lipinski definition) is 4. The number of nitrogens with zero attached hydrogens (tertiary/aromatic N) is 2. The molecule has 1 atom stereocenters. The van der Waals surface area contributed by atoms with Crippen molar-refractivity contribution in [2.75, 3.05) is 6.54 Å². The summed E-state index contributed by atoms with van der Waals surface area (Å²) in [5.41, 5.74) is 0.995. The molecule has 1 saturated heterocycles. The van der Waals surface area contributed by atoms with Crippen molar-refractivity contribution in [3.63, 3.8) is 0 Å². The van der Waals surface area contributed by atoms with E-state index in [4.69, 9.17) is 0 Å². The Kier molecular flexibility index (Phi) is 3.89. The highest BCUT2D eigenvalue weighted by Crippen LogP contribution is 2.20. The monoisotopic (exact) mass is 281 g/mol. The minimum Gasteiger partial charge on any atom is -0.343 e. The van der Waals surface area contributed by atoms with Crippen molar-refractivity contribution in [2.45, 2.75) is 40.3 Å². The number of amides is 2. The van der Waals surface area contributed by atoms with Gasteiger partial charge in [-0.2, -0.15) is 0 Å². The lowest BCUT2D eigenvalue weighted by molar-refractivity contribution is -0.146. The van der Waals surface area contributed by atoms with Gasteiger partial charge in [-0.05, 0) is 19.8 Å². The Labute approximate surface area is 117 Å². The third kappa shape index (κ3) is 2.94. The van der Waals surface area contributed by atoms with Crippen LogP contribution in [0.5, 0.6) is 0 Å². The number of thiazole rings is 1. The van der Waals surface area contributed by atoms with Crippen LogP contribution >= 0.6 is 11.3 Å². The van der Waals surface area contributed by atoms with E-state index in [2.05, 4.69) is 10.3 Å². The molecule has 104 valence electrons. The second-order valence-corrected chi connectivity index (χ2v) is 6.52. The van der Waals surface area contributed by atoms with E-state index < -0.39 is 6.04 Å². The minimum atomic E-state index is -0.414. The van der Waals surface area contributed by atoms with Gasteiger partial charge in [-0.1, -0.05) is 13.8 Å². The van der Waals surface area contributed by atoms with Crippen LogP contribution < -0.4 is 5.32 Å². The SMILES string of the molecule is Cc1nc(CN2CC(=O)NC(C(C)C)C2=O)sc1C. The molecule has 5 nitrogen and oxygen atoms in total. The van der Waals surface area contributed by atoms with Gasteiger partial charge >= 0.3 is 0 Å². The number of aromatic nitrogens is 1. The first-order chi connectivity index (χ1) is 8.88. The summed E-state index contributed by atoms with van der Waals surface area (Å²) in [6.07, 6.45) is 0. The predicted molar refractivity (Wildman–Crippen MR) is 73.8 cm³/mol. The molecule has 0 aliphatic carbocycles. The van der Waals surface area contributed by atoms with Crippen LogP contribution in [0.2, 0.25) is 0 Å². The standard InChI is InChI=1S/C13H19N3O2S/c1-7(2)12-13(18)16(5-10(17)15-12)6-11-14-8(3)9(4)19-11/h7,12H,5-6H2,1-4H3,(H,15,17). The highest BCUT2D eigenvalue weighted by atomic mass is 32.1. The van der Waals surface area contributed by atoms with Gasteiger partial charge in [0.1, 0.15) is 17.6 Å². The van der Waals surface area contributed by atoms with Crippen LogP contribution in [-0.4, -0.2) is 34.3 Å². The first-order valence-electron chi connectivity index (χ1n) is 6.39. The van der Waals surface area contributed by atoms with Crippen LogP contribution in [0.25, 0.3) is 0 Å². The fourth-order valence-corrected chi connectivity index (χ4v) is 3.03. The average Bonchev–Trinajstić information content (AvgIpc) is 2.62. The van der Waals surface area contributed by atoms with Crippen molar-refractivity contribution in [1.82, 2.24) is 15.2 Å². The van der Waals surface area contributed by atoms with Crippen molar-refractivity contribution in [3.8, 4) is 0 Å². The number of aryl methyl sites for hydroxylation is 2. The molecule has 6 heteroatoms. The number of piperazine rings is 1. The van der Waals surface area contributed by atoms with E-state index in [1.807, 2.05) is 27.7 Å². The molecule has 1 aromatic heterocycles. The maximum atomic E-state index is 12.3. The van der Waals surface area contributed by atoms with Crippen LogP contribution in [0.3, 0.4) is 0 Å². The van der Waals surface area contributed by atoms with Gasteiger partial charge in [0.15, 0.2) is 0 Å². The van der Waals surface area contributed by atoms with E-state index in [9.17, 15) is 9.59 Å². The molecule has 1 aromatic rings. The molecular formula is C13H19N3O2S. The zero-order chi connectivity index (χ0) is 14.2. The Morgan fingerprint density at radius 3 is 2.63 bits per heavy atom. The van der Waals surface area contributed by atoms with Gasteiger partial charge in [-0.25, -0.2) is 4.98 Å². The molecule has 1 N–H and O–H groups in total. The van der Waals surface area contributed by atoms with Crippen molar-refractivity contribution < 1.29 is 9.59 Å². The fourth-order valence-electron chi connectivity index (χ4n) is 2.08. The van der Waals surface area contributed by atoms with E-state index in [1.165, 1.54) is 0 Å². The quantitative estimate of drug-likeness (QED) is 0.907. The van der Waals surface area contributed by atoms with Crippen LogP contribution in [0.15, 0.2) is 0 Å². The molecule has 1 aliphatic heterocycles. The van der Waals surface area contributed by atoms with Crippen molar-refractivity contribution in [1.29, 1.82) is 0 Å². The van der Waals surface area contributed by atoms with Gasteiger partial charge in [0.2, 0.25) is 11.8 Å². The van der Waals surface area contributed by atoms with Gasteiger partial charge in [0.25, 0.3) is 0 Å². The first kappa shape index (κ1) is 14.0. The smallest absolute Gasteiger partial charge is 0.246 e. The maximum absolute atomic E-state index is 12.3. The minimum absolute atomic E-state index is 0.0138. The molecule has 0 aromatic carbocycles. The molecule has 1 fully saturated rings. The molecule has 2 amide bonds. The average molecular weight is 281 g/mol. The number of hydrogen-bond donors (Lipinski definition) is 1. The molecule has 0 saturated carbocycles. The van der Waals surface area contributed by atoms with Crippen LogP contribution in [0, 0.1) is 19.8 Å². The van der Waals surface area contributed by atoms with E-state index in [0.29, 0.717) is 6.54 Å². The summed E-state index contributed by atoms with van der Waals surface area (Å²) in [5.74, 6) is -0.0116. The lowest BCUT2D eigenvalue weighted by atomic mass is 10.0. The predicted octanol–water partition coefficient (Wildman–Crippen LogP) is 1.24. The molecule has 19 heavy (non-hydrogen) atoms. The highest BCUT2D eigenvalue weighted by molar-refractivity contribution is 7.11. The molecular weight excluding hydrogens is 262 g/mol. The van der Waals surface area contributed by atoms with E-state index in [-0.39, 0.29) is 24.3 Å². The molecule has 0 bridgehead atoms. The second kappa shape index (κ2) is 5.28. The first-order valence-corrected chi connectivity index (χ1v) is 7.21. The van der Waals surface area contributed by atoms with Crippen molar-refractivity contribution >= 4 is 23.2 Å². The van der Waals surface area contributed by atoms with E-state index in [1.54, 1.807) is 16.2 Å². The van der Waals surface area contributed by atoms with Crippen molar-refractivity contribution in [3.05, 3.63) is 15.6 Å². The Hall–Kier alpha value is -1.43. The Morgan fingerprint density at radius 1 is 1.42 bits per heavy atom. The van der Waals surface area contributed by atoms with Gasteiger partial charge in [-0.15, -0.1) is 11.3 Å². The van der Waals surface area contributed by atoms with Crippen LogP contribution in [-0.2, 0) is 16.1 Å². The van der Waals surface area contributed by atoms with Gasteiger partial charge in [0, 0.05) is 4.88 Å². The van der Waals surface area contributed by atoms with E-state index >= 15 is 0 Å². The largest absolute Gasteiger partial charge is 0.343 e. The zero-order valence-electron chi connectivity index (χ0n) is 11.7. The lowest BCUT2D eigenvalue weighted by Crippen LogP contribution is -2.59. The number of carbonyl (C=O) groups is 2. The summed E-state index contributed by atoms with van der Waals surface area (Å²) in [6, 6.07) is -0.414. The maximum Gasteiger partial charge on any atom is 0.246 e. The summed E-state index contributed by atoms with van der Waals surface area (Å²) in [7, 11) is 0. The molecule has 2 heterocycles. The summed E-state index contributed by atoms with van der Waals surface area (Å²) in [5, 5.41) is 3.64. The summed E-state index contributed by atoms with van der Waals surface area (Å²) in [6.45, 7) is 8.39. The molecule has 2 rings (SSSR count). The molecule has 1 aliphatic rings. The lowest BCUT2D eigenvalue weighted by Gasteiger charge is -2.33. The summed E-state index contributed by atoms with van der Waals surface area (Å²) in [4.78, 5) is 31.2. The van der Waals surface area contributed by atoms with Gasteiger partial charge in [0.05, 0.1) is 12.2 Å². The Bertz CT molecular complexity index is 490. The third-order valence-electron chi connectivity index (χ3n) is 3.29. The van der Waals surface area contributed by atoms with Crippen LogP contribution in [0.4, 0.5) is 0 Å². The normalized spacial score (nSPS) is 20.1. The molecule has 1 unspecified atom stereocenters. The number of carbonyl (C=O) groups excluding carboxylic acids is 2. The van der Waals surface area contributed by atoms with Gasteiger partial charge < -0.3 is 10.2 Å². The Balaban J connectivity index is 2.14. The molecule has 0 spiro atoms. The topological polar surface area (TPSA) is 62.3 Å². The number of rotatable bonds is 3. The van der Waals surface area contributed by atoms with Crippen LogP contribution in [0.1, 0.15) is 29.4 Å². The summed E-state index contributed by atoms with van der Waals surface area (Å²) < 4.78 is 0. The van der Waals surface area contributed by atoms with E-state index in [0.717, 1.165) is 15.6 Å². The second-order valence-electron chi connectivity index (χ2n) is 5.23. The number of nitrogens with one attached hydrogen (secondary N) is 1. The van der Waals surface area contributed by atoms with Gasteiger partial charge in [-0.3, -0.25) is 9.59 Å². The zero-order valence-corrected chi connectivity index (χ0v) is 12.5. The Morgan fingerprint density at radius 2 is 2.11 bits per heavy atom.